The summed E-state index contributed by atoms with van der Waals surface area (Å²) < 4.78 is 4.60. The number of benzene rings is 1. The Labute approximate surface area is 103 Å². The molecule has 0 aliphatic rings. The Morgan fingerprint density at radius 2 is 2.18 bits per heavy atom. The fourth-order valence-electron chi connectivity index (χ4n) is 1.13. The number of hydrogen-bond donors (Lipinski definition) is 1. The van der Waals surface area contributed by atoms with Crippen molar-refractivity contribution in [2.24, 2.45) is 0 Å². The van der Waals surface area contributed by atoms with Crippen LogP contribution >= 0.6 is 11.6 Å². The molecule has 0 fully saturated rings. The van der Waals surface area contributed by atoms with Crippen LogP contribution in [0.3, 0.4) is 0 Å². The van der Waals surface area contributed by atoms with Crippen molar-refractivity contribution in [1.29, 1.82) is 0 Å². The predicted octanol–water partition coefficient (Wildman–Crippen LogP) is 1.95. The first-order valence-corrected chi connectivity index (χ1v) is 5.14. The van der Waals surface area contributed by atoms with E-state index >= 15 is 0 Å². The van der Waals surface area contributed by atoms with Crippen LogP contribution in [-0.4, -0.2) is 23.7 Å². The molecule has 88 valence electrons. The quantitative estimate of drug-likeness (QED) is 0.645. The molecule has 0 aliphatic carbocycles. The van der Waals surface area contributed by atoms with Crippen LogP contribution in [0.5, 0.6) is 0 Å². The van der Waals surface area contributed by atoms with Crippen LogP contribution in [0.2, 0.25) is 5.02 Å². The van der Waals surface area contributed by atoms with Crippen LogP contribution in [0.4, 0.5) is 0 Å². The first kappa shape index (κ1) is 13.1. The number of carboxylic acids is 1. The molecule has 0 unspecified atom stereocenters. The van der Waals surface area contributed by atoms with Gasteiger partial charge < -0.3 is 9.84 Å². The van der Waals surface area contributed by atoms with E-state index in [1.165, 1.54) is 12.1 Å². The number of esters is 1. The third-order valence-corrected chi connectivity index (χ3v) is 2.12. The molecule has 0 saturated heterocycles. The summed E-state index contributed by atoms with van der Waals surface area (Å²) in [7, 11) is 0. The smallest absolute Gasteiger partial charge is 0.384 e. The number of carboxylic acid groups (broad SMARTS) is 1. The van der Waals surface area contributed by atoms with Crippen molar-refractivity contribution >= 4 is 23.5 Å². The predicted molar refractivity (Wildman–Crippen MR) is 61.9 cm³/mol. The number of carbonyl (C=O) groups is 2. The fraction of sp³-hybridized carbons (Fsp3) is 0.167. The molecule has 1 aromatic carbocycles. The third kappa shape index (κ3) is 3.51. The number of aromatic carboxylic acids is 1. The van der Waals surface area contributed by atoms with Crippen molar-refractivity contribution < 1.29 is 19.4 Å². The lowest BCUT2D eigenvalue weighted by Gasteiger charge is -2.00. The van der Waals surface area contributed by atoms with Crippen molar-refractivity contribution in [3.05, 3.63) is 34.3 Å². The number of hydrogen-bond acceptors (Lipinski definition) is 3. The van der Waals surface area contributed by atoms with Gasteiger partial charge in [0.25, 0.3) is 0 Å². The van der Waals surface area contributed by atoms with Gasteiger partial charge in [0.15, 0.2) is 0 Å². The number of carbonyl (C=O) groups excluding carboxylic acids is 1. The van der Waals surface area contributed by atoms with Crippen LogP contribution in [-0.2, 0) is 9.53 Å². The SMILES string of the molecule is CCOC(=O)C#Cc1cccc(Cl)c1C(=O)O. The molecule has 17 heavy (non-hydrogen) atoms. The van der Waals surface area contributed by atoms with E-state index in [1.807, 2.05) is 0 Å². The highest BCUT2D eigenvalue weighted by molar-refractivity contribution is 6.33. The molecule has 0 saturated carbocycles. The number of rotatable bonds is 2. The molecule has 1 N–H and O–H groups in total. The molecular weight excluding hydrogens is 244 g/mol. The van der Waals surface area contributed by atoms with Crippen molar-refractivity contribution in [2.45, 2.75) is 6.92 Å². The van der Waals surface area contributed by atoms with E-state index in [2.05, 4.69) is 16.6 Å². The lowest BCUT2D eigenvalue weighted by atomic mass is 10.1. The third-order valence-electron chi connectivity index (χ3n) is 1.80. The van der Waals surface area contributed by atoms with Crippen molar-refractivity contribution in [3.8, 4) is 11.8 Å². The van der Waals surface area contributed by atoms with Gasteiger partial charge in [0.05, 0.1) is 17.2 Å². The van der Waals surface area contributed by atoms with Gasteiger partial charge in [0.1, 0.15) is 0 Å². The molecule has 0 radical (unpaired) electrons. The second-order valence-corrected chi connectivity index (χ2v) is 3.35. The van der Waals surface area contributed by atoms with Gasteiger partial charge in [-0.25, -0.2) is 9.59 Å². The van der Waals surface area contributed by atoms with Crippen LogP contribution in [0.15, 0.2) is 18.2 Å². The minimum Gasteiger partial charge on any atom is -0.478 e. The molecule has 5 heteroatoms. The standard InChI is InChI=1S/C12H9ClO4/c1-2-17-10(14)7-6-8-4-3-5-9(13)11(8)12(15)16/h3-5H,2H2,1H3,(H,15,16). The van der Waals surface area contributed by atoms with Crippen LogP contribution < -0.4 is 0 Å². The molecule has 1 aromatic rings. The summed E-state index contributed by atoms with van der Waals surface area (Å²) in [5, 5.41) is 9.02. The molecule has 0 aliphatic heterocycles. The van der Waals surface area contributed by atoms with Crippen molar-refractivity contribution in [3.63, 3.8) is 0 Å². The summed E-state index contributed by atoms with van der Waals surface area (Å²) >= 11 is 5.74. The topological polar surface area (TPSA) is 63.6 Å². The highest BCUT2D eigenvalue weighted by Gasteiger charge is 2.12. The van der Waals surface area contributed by atoms with Crippen molar-refractivity contribution in [1.82, 2.24) is 0 Å². The van der Waals surface area contributed by atoms with Gasteiger partial charge in [0, 0.05) is 11.5 Å². The lowest BCUT2D eigenvalue weighted by molar-refractivity contribution is -0.136. The second kappa shape index (κ2) is 5.92. The maximum Gasteiger partial charge on any atom is 0.384 e. The van der Waals surface area contributed by atoms with E-state index in [0.29, 0.717) is 0 Å². The second-order valence-electron chi connectivity index (χ2n) is 2.94. The molecule has 1 rings (SSSR count). The lowest BCUT2D eigenvalue weighted by Crippen LogP contribution is -2.03. The monoisotopic (exact) mass is 252 g/mol. The van der Waals surface area contributed by atoms with Gasteiger partial charge in [-0.2, -0.15) is 0 Å². The molecule has 0 aromatic heterocycles. The minimum atomic E-state index is -1.19. The van der Waals surface area contributed by atoms with E-state index in [1.54, 1.807) is 13.0 Å². The Morgan fingerprint density at radius 1 is 1.47 bits per heavy atom. The number of halogens is 1. The highest BCUT2D eigenvalue weighted by atomic mass is 35.5. The van der Waals surface area contributed by atoms with E-state index in [-0.39, 0.29) is 22.8 Å². The van der Waals surface area contributed by atoms with E-state index < -0.39 is 11.9 Å². The summed E-state index contributed by atoms with van der Waals surface area (Å²) in [6.45, 7) is 1.87. The minimum absolute atomic E-state index is 0.0770. The maximum absolute atomic E-state index is 11.0. The van der Waals surface area contributed by atoms with Gasteiger partial charge >= 0.3 is 11.9 Å². The van der Waals surface area contributed by atoms with Gasteiger partial charge in [-0.3, -0.25) is 0 Å². The van der Waals surface area contributed by atoms with E-state index in [0.717, 1.165) is 0 Å². The zero-order chi connectivity index (χ0) is 12.8. The van der Waals surface area contributed by atoms with E-state index in [9.17, 15) is 9.59 Å². The summed E-state index contributed by atoms with van der Waals surface area (Å²) in [6.07, 6.45) is 0. The Kier molecular flexibility index (Phi) is 4.56. The van der Waals surface area contributed by atoms with Crippen molar-refractivity contribution in [2.75, 3.05) is 6.61 Å². The first-order valence-electron chi connectivity index (χ1n) is 4.76. The summed E-state index contributed by atoms with van der Waals surface area (Å²) in [5.74, 6) is 2.72. The normalized spacial score (nSPS) is 9.06. The molecule has 4 nitrogen and oxygen atoms in total. The fourth-order valence-corrected chi connectivity index (χ4v) is 1.39. The largest absolute Gasteiger partial charge is 0.478 e. The summed E-state index contributed by atoms with van der Waals surface area (Å²) in [5.41, 5.74) is 0.0593. The number of ether oxygens (including phenoxy) is 1. The summed E-state index contributed by atoms with van der Waals surface area (Å²) in [4.78, 5) is 22.0. The van der Waals surface area contributed by atoms with Crippen LogP contribution in [0.1, 0.15) is 22.8 Å². The Hall–Kier alpha value is -1.99. The zero-order valence-electron chi connectivity index (χ0n) is 8.99. The highest BCUT2D eigenvalue weighted by Crippen LogP contribution is 2.19. The molecule has 0 atom stereocenters. The van der Waals surface area contributed by atoms with Gasteiger partial charge in [-0.05, 0) is 19.1 Å². The Bertz CT molecular complexity index is 511. The van der Waals surface area contributed by atoms with Gasteiger partial charge in [-0.1, -0.05) is 23.6 Å². The Balaban J connectivity index is 3.11. The average molecular weight is 253 g/mol. The molecule has 0 heterocycles. The molecule has 0 bridgehead atoms. The van der Waals surface area contributed by atoms with Gasteiger partial charge in [0.2, 0.25) is 0 Å². The van der Waals surface area contributed by atoms with Crippen LogP contribution in [0.25, 0.3) is 0 Å². The molecular formula is C12H9ClO4. The zero-order valence-corrected chi connectivity index (χ0v) is 9.75. The van der Waals surface area contributed by atoms with Gasteiger partial charge in [-0.15, -0.1) is 0 Å². The molecule has 0 amide bonds. The van der Waals surface area contributed by atoms with E-state index in [4.69, 9.17) is 16.7 Å². The maximum atomic E-state index is 11.0. The molecule has 0 spiro atoms. The summed E-state index contributed by atoms with van der Waals surface area (Å²) in [6, 6.07) is 4.48. The first-order chi connectivity index (χ1) is 8.06. The Morgan fingerprint density at radius 3 is 2.76 bits per heavy atom. The average Bonchev–Trinajstić information content (AvgIpc) is 2.26. The van der Waals surface area contributed by atoms with Crippen LogP contribution in [0, 0.1) is 11.8 Å².